The molecule has 0 unspecified atom stereocenters. The molecule has 0 saturated carbocycles. The zero-order valence-electron chi connectivity index (χ0n) is 9.24. The van der Waals surface area contributed by atoms with Crippen molar-refractivity contribution in [2.45, 2.75) is 19.3 Å². The summed E-state index contributed by atoms with van der Waals surface area (Å²) in [5.41, 5.74) is 5.47. The van der Waals surface area contributed by atoms with Crippen LogP contribution in [-0.2, 0) is 12.8 Å². The Labute approximate surface area is 96.1 Å². The molecule has 0 fully saturated rings. The van der Waals surface area contributed by atoms with Crippen LogP contribution in [0.5, 0.6) is 0 Å². The van der Waals surface area contributed by atoms with Gasteiger partial charge in [-0.1, -0.05) is 30.3 Å². The maximum Gasteiger partial charge on any atom is 0.0419 e. The number of rotatable bonds is 2. The average molecular weight is 209 g/mol. The first kappa shape index (κ1) is 9.46. The van der Waals surface area contributed by atoms with E-state index in [-0.39, 0.29) is 0 Å². The summed E-state index contributed by atoms with van der Waals surface area (Å²) < 4.78 is 0. The minimum atomic E-state index is 1.17. The lowest BCUT2D eigenvalue weighted by molar-refractivity contribution is 0.912. The first-order valence-electron chi connectivity index (χ1n) is 5.86. The lowest BCUT2D eigenvalue weighted by Gasteiger charge is -2.11. The second-order valence-electron chi connectivity index (χ2n) is 4.29. The highest BCUT2D eigenvalue weighted by Crippen LogP contribution is 2.30. The molecule has 1 heteroatoms. The summed E-state index contributed by atoms with van der Waals surface area (Å²) in [6.45, 7) is 0. The summed E-state index contributed by atoms with van der Waals surface area (Å²) in [4.78, 5) is 0. The van der Waals surface area contributed by atoms with Crippen LogP contribution in [-0.4, -0.2) is 0 Å². The molecule has 0 heterocycles. The Hall–Kier alpha value is -1.76. The second kappa shape index (κ2) is 4.01. The minimum absolute atomic E-state index is 1.17. The Balaban J connectivity index is 1.94. The molecular formula is C15H15N. The third-order valence-electron chi connectivity index (χ3n) is 3.20. The topological polar surface area (TPSA) is 12.0 Å². The molecule has 0 bridgehead atoms. The van der Waals surface area contributed by atoms with Crippen molar-refractivity contribution in [3.05, 3.63) is 59.7 Å². The summed E-state index contributed by atoms with van der Waals surface area (Å²) in [6, 6.07) is 16.9. The van der Waals surface area contributed by atoms with Crippen molar-refractivity contribution in [2.75, 3.05) is 5.32 Å². The second-order valence-corrected chi connectivity index (χ2v) is 4.29. The predicted octanol–water partition coefficient (Wildman–Crippen LogP) is 3.92. The van der Waals surface area contributed by atoms with Crippen molar-refractivity contribution < 1.29 is 0 Å². The minimum Gasteiger partial charge on any atom is -0.355 e. The lowest BCUT2D eigenvalue weighted by atomic mass is 10.1. The molecule has 2 aromatic carbocycles. The van der Waals surface area contributed by atoms with E-state index in [1.165, 1.54) is 41.8 Å². The number of nitrogens with one attached hydrogen (secondary N) is 1. The molecule has 0 saturated heterocycles. The van der Waals surface area contributed by atoms with Crippen molar-refractivity contribution in [3.63, 3.8) is 0 Å². The SMILES string of the molecule is c1ccc(Nc2cccc3c2CCC3)cc1. The van der Waals surface area contributed by atoms with E-state index in [0.29, 0.717) is 0 Å². The molecule has 0 radical (unpaired) electrons. The number of hydrogen-bond donors (Lipinski definition) is 1. The number of aryl methyl sites for hydroxylation is 1. The van der Waals surface area contributed by atoms with Gasteiger partial charge in [0.2, 0.25) is 0 Å². The van der Waals surface area contributed by atoms with Crippen molar-refractivity contribution in [1.82, 2.24) is 0 Å². The van der Waals surface area contributed by atoms with Crippen LogP contribution in [0.15, 0.2) is 48.5 Å². The maximum atomic E-state index is 3.50. The van der Waals surface area contributed by atoms with Crippen LogP contribution in [0.2, 0.25) is 0 Å². The van der Waals surface area contributed by atoms with Crippen LogP contribution in [0.25, 0.3) is 0 Å². The largest absolute Gasteiger partial charge is 0.355 e. The molecule has 1 aliphatic rings. The Morgan fingerprint density at radius 1 is 0.812 bits per heavy atom. The van der Waals surface area contributed by atoms with Gasteiger partial charge in [0, 0.05) is 11.4 Å². The third-order valence-corrected chi connectivity index (χ3v) is 3.20. The molecule has 0 aromatic heterocycles. The number of benzene rings is 2. The zero-order chi connectivity index (χ0) is 10.8. The van der Waals surface area contributed by atoms with Crippen molar-refractivity contribution >= 4 is 11.4 Å². The highest BCUT2D eigenvalue weighted by Gasteiger charge is 2.13. The van der Waals surface area contributed by atoms with Gasteiger partial charge < -0.3 is 5.32 Å². The standard InChI is InChI=1S/C15H15N/c1-2-8-13(9-3-1)16-15-11-5-7-12-6-4-10-14(12)15/h1-3,5,7-9,11,16H,4,6,10H2. The summed E-state index contributed by atoms with van der Waals surface area (Å²) >= 11 is 0. The monoisotopic (exact) mass is 209 g/mol. The van der Waals surface area contributed by atoms with Crippen LogP contribution in [0.1, 0.15) is 17.5 Å². The van der Waals surface area contributed by atoms with Crippen LogP contribution >= 0.6 is 0 Å². The molecule has 1 N–H and O–H groups in total. The molecule has 0 spiro atoms. The summed E-state index contributed by atoms with van der Waals surface area (Å²) in [6.07, 6.45) is 3.74. The first-order valence-corrected chi connectivity index (χ1v) is 5.86. The molecule has 1 nitrogen and oxygen atoms in total. The molecular weight excluding hydrogens is 194 g/mol. The molecule has 3 rings (SSSR count). The van der Waals surface area contributed by atoms with Crippen LogP contribution in [0, 0.1) is 0 Å². The summed E-state index contributed by atoms with van der Waals surface area (Å²) in [5, 5.41) is 3.50. The zero-order valence-corrected chi connectivity index (χ0v) is 9.24. The van der Waals surface area contributed by atoms with Crippen LogP contribution in [0.3, 0.4) is 0 Å². The number of anilines is 2. The molecule has 0 aliphatic heterocycles. The maximum absolute atomic E-state index is 3.50. The third kappa shape index (κ3) is 1.69. The Morgan fingerprint density at radius 2 is 1.69 bits per heavy atom. The van der Waals surface area contributed by atoms with E-state index in [1.54, 1.807) is 0 Å². The Morgan fingerprint density at radius 3 is 2.56 bits per heavy atom. The predicted molar refractivity (Wildman–Crippen MR) is 68.2 cm³/mol. The summed E-state index contributed by atoms with van der Waals surface area (Å²) in [5.74, 6) is 0. The average Bonchev–Trinajstić information content (AvgIpc) is 2.80. The van der Waals surface area contributed by atoms with E-state index in [2.05, 4.69) is 47.8 Å². The van der Waals surface area contributed by atoms with Gasteiger partial charge in [-0.3, -0.25) is 0 Å². The van der Waals surface area contributed by atoms with Crippen molar-refractivity contribution in [2.24, 2.45) is 0 Å². The van der Waals surface area contributed by atoms with Gasteiger partial charge in [0.25, 0.3) is 0 Å². The van der Waals surface area contributed by atoms with E-state index in [0.717, 1.165) is 0 Å². The first-order chi connectivity index (χ1) is 7.93. The van der Waals surface area contributed by atoms with E-state index in [1.807, 2.05) is 6.07 Å². The molecule has 80 valence electrons. The normalized spacial score (nSPS) is 13.5. The Kier molecular flexibility index (Phi) is 2.37. The molecule has 2 aromatic rings. The number of para-hydroxylation sites is 1. The van der Waals surface area contributed by atoms with E-state index in [9.17, 15) is 0 Å². The smallest absolute Gasteiger partial charge is 0.0419 e. The van der Waals surface area contributed by atoms with E-state index >= 15 is 0 Å². The fraction of sp³-hybridized carbons (Fsp3) is 0.200. The molecule has 0 amide bonds. The van der Waals surface area contributed by atoms with Gasteiger partial charge in [0.15, 0.2) is 0 Å². The summed E-state index contributed by atoms with van der Waals surface area (Å²) in [7, 11) is 0. The van der Waals surface area contributed by atoms with Gasteiger partial charge in [-0.25, -0.2) is 0 Å². The Bertz CT molecular complexity index is 488. The highest BCUT2D eigenvalue weighted by molar-refractivity contribution is 5.65. The number of fused-ring (bicyclic) bond motifs is 1. The van der Waals surface area contributed by atoms with Gasteiger partial charge in [-0.15, -0.1) is 0 Å². The van der Waals surface area contributed by atoms with Crippen molar-refractivity contribution in [1.29, 1.82) is 0 Å². The fourth-order valence-electron chi connectivity index (χ4n) is 2.41. The molecule has 1 aliphatic carbocycles. The molecule has 16 heavy (non-hydrogen) atoms. The van der Waals surface area contributed by atoms with Gasteiger partial charge in [0.1, 0.15) is 0 Å². The molecule has 0 atom stereocenters. The fourth-order valence-corrected chi connectivity index (χ4v) is 2.41. The van der Waals surface area contributed by atoms with Gasteiger partial charge >= 0.3 is 0 Å². The van der Waals surface area contributed by atoms with Crippen LogP contribution in [0.4, 0.5) is 11.4 Å². The highest BCUT2D eigenvalue weighted by atomic mass is 14.9. The van der Waals surface area contributed by atoms with Gasteiger partial charge in [-0.2, -0.15) is 0 Å². The number of hydrogen-bond acceptors (Lipinski definition) is 1. The van der Waals surface area contributed by atoms with E-state index in [4.69, 9.17) is 0 Å². The van der Waals surface area contributed by atoms with Gasteiger partial charge in [0.05, 0.1) is 0 Å². The van der Waals surface area contributed by atoms with Gasteiger partial charge in [-0.05, 0) is 48.6 Å². The van der Waals surface area contributed by atoms with E-state index < -0.39 is 0 Å². The van der Waals surface area contributed by atoms with Crippen molar-refractivity contribution in [3.8, 4) is 0 Å². The quantitative estimate of drug-likeness (QED) is 0.790. The lowest BCUT2D eigenvalue weighted by Crippen LogP contribution is -1.95. The van der Waals surface area contributed by atoms with Crippen LogP contribution < -0.4 is 5.32 Å².